The summed E-state index contributed by atoms with van der Waals surface area (Å²) in [5, 5.41) is 23.1. The van der Waals surface area contributed by atoms with Crippen molar-refractivity contribution in [2.24, 2.45) is 0 Å². The molecule has 10 heteroatoms. The highest BCUT2D eigenvalue weighted by molar-refractivity contribution is 5.92. The van der Waals surface area contributed by atoms with Crippen LogP contribution in [0, 0.1) is 0 Å². The van der Waals surface area contributed by atoms with Crippen LogP contribution in [0.1, 0.15) is 27.2 Å². The molecule has 0 fully saturated rings. The summed E-state index contributed by atoms with van der Waals surface area (Å²) in [6.07, 6.45) is -3.87. The maximum Gasteiger partial charge on any atom is 0.417 e. The molecule has 1 aliphatic rings. The fourth-order valence-electron chi connectivity index (χ4n) is 3.79. The average Bonchev–Trinajstić information content (AvgIpc) is 3.20. The van der Waals surface area contributed by atoms with E-state index in [2.05, 4.69) is 16.4 Å². The Labute approximate surface area is 182 Å². The van der Waals surface area contributed by atoms with Gasteiger partial charge in [0.25, 0.3) is 5.91 Å². The maximum atomic E-state index is 12.8. The van der Waals surface area contributed by atoms with Crippen molar-refractivity contribution in [3.8, 4) is 0 Å². The van der Waals surface area contributed by atoms with Gasteiger partial charge in [-0.15, -0.1) is 0 Å². The average molecular weight is 448 g/mol. The molecule has 0 saturated carbocycles. The molecule has 2 atom stereocenters. The van der Waals surface area contributed by atoms with Crippen LogP contribution in [0.25, 0.3) is 5.65 Å². The fourth-order valence-corrected chi connectivity index (χ4v) is 3.79. The monoisotopic (exact) mass is 448 g/mol. The van der Waals surface area contributed by atoms with Gasteiger partial charge in [-0.25, -0.2) is 4.98 Å². The Morgan fingerprint density at radius 2 is 1.84 bits per heavy atom. The minimum Gasteiger partial charge on any atom is -0.389 e. The van der Waals surface area contributed by atoms with Gasteiger partial charge >= 0.3 is 6.18 Å². The molecule has 32 heavy (non-hydrogen) atoms. The standard InChI is InChI=1S/C22H23F3N4O3/c23-22(24,25)16-5-6-20-27-17(12-29(20)11-16)21(32)26-9-18(30)19(31)13-28-8-7-14-3-1-2-4-15(14)10-28/h1-6,11-12,18-19,30-31H,7-10,13H2,(H,26,32)/t18-,19-/m0/s1. The van der Waals surface area contributed by atoms with Gasteiger partial charge in [0.15, 0.2) is 0 Å². The van der Waals surface area contributed by atoms with Crippen LogP contribution >= 0.6 is 0 Å². The van der Waals surface area contributed by atoms with E-state index < -0.39 is 29.9 Å². The number of halogens is 3. The SMILES string of the molecule is O=C(NC[C@H](O)[C@@H](O)CN1CCc2ccccc2C1)c1cn2cc(C(F)(F)F)ccc2n1. The topological polar surface area (TPSA) is 90.1 Å². The lowest BCUT2D eigenvalue weighted by atomic mass is 9.99. The van der Waals surface area contributed by atoms with Crippen LogP contribution in [0.5, 0.6) is 0 Å². The second-order valence-corrected chi connectivity index (χ2v) is 7.91. The Bertz CT molecular complexity index is 1120. The number of alkyl halides is 3. The van der Waals surface area contributed by atoms with Crippen molar-refractivity contribution < 1.29 is 28.2 Å². The number of carbonyl (C=O) groups excluding carboxylic acids is 1. The lowest BCUT2D eigenvalue weighted by Gasteiger charge is -2.31. The van der Waals surface area contributed by atoms with E-state index in [-0.39, 0.29) is 24.4 Å². The van der Waals surface area contributed by atoms with Gasteiger partial charge in [-0.05, 0) is 29.7 Å². The van der Waals surface area contributed by atoms with Gasteiger partial charge in [0.1, 0.15) is 11.3 Å². The second kappa shape index (κ2) is 8.89. The number of rotatable bonds is 6. The molecule has 0 bridgehead atoms. The van der Waals surface area contributed by atoms with Crippen molar-refractivity contribution in [1.82, 2.24) is 19.6 Å². The Hall–Kier alpha value is -2.95. The van der Waals surface area contributed by atoms with Gasteiger partial charge in [0.2, 0.25) is 0 Å². The smallest absolute Gasteiger partial charge is 0.389 e. The zero-order chi connectivity index (χ0) is 22.9. The molecule has 0 saturated heterocycles. The van der Waals surface area contributed by atoms with Crippen molar-refractivity contribution in [1.29, 1.82) is 0 Å². The first-order valence-electron chi connectivity index (χ1n) is 10.2. The minimum atomic E-state index is -4.50. The number of aromatic nitrogens is 2. The molecule has 1 amide bonds. The van der Waals surface area contributed by atoms with Crippen molar-refractivity contribution in [2.45, 2.75) is 31.3 Å². The zero-order valence-electron chi connectivity index (χ0n) is 17.1. The highest BCUT2D eigenvalue weighted by atomic mass is 19.4. The van der Waals surface area contributed by atoms with Crippen molar-refractivity contribution in [3.05, 3.63) is 71.2 Å². The maximum absolute atomic E-state index is 12.8. The van der Waals surface area contributed by atoms with E-state index >= 15 is 0 Å². The minimum absolute atomic E-state index is 0.0846. The van der Waals surface area contributed by atoms with Gasteiger partial charge in [-0.1, -0.05) is 24.3 Å². The van der Waals surface area contributed by atoms with E-state index in [1.165, 1.54) is 23.4 Å². The molecule has 4 rings (SSSR count). The number of hydrogen-bond acceptors (Lipinski definition) is 5. The van der Waals surface area contributed by atoms with Gasteiger partial charge in [-0.3, -0.25) is 9.69 Å². The van der Waals surface area contributed by atoms with Crippen molar-refractivity contribution in [3.63, 3.8) is 0 Å². The molecule has 0 aliphatic carbocycles. The van der Waals surface area contributed by atoms with E-state index in [1.807, 2.05) is 23.1 Å². The number of carbonyl (C=O) groups is 1. The highest BCUT2D eigenvalue weighted by Crippen LogP contribution is 2.29. The van der Waals surface area contributed by atoms with E-state index in [1.54, 1.807) is 0 Å². The third-order valence-electron chi connectivity index (χ3n) is 5.58. The molecule has 3 heterocycles. The van der Waals surface area contributed by atoms with Gasteiger partial charge in [0.05, 0.1) is 17.8 Å². The van der Waals surface area contributed by atoms with Crippen molar-refractivity contribution in [2.75, 3.05) is 19.6 Å². The summed E-state index contributed by atoms with van der Waals surface area (Å²) in [5.74, 6) is -0.652. The normalized spacial score (nSPS) is 16.5. The van der Waals surface area contributed by atoms with Gasteiger partial charge in [0, 0.05) is 38.6 Å². The summed E-state index contributed by atoms with van der Waals surface area (Å²) in [5.41, 5.74) is 1.72. The number of nitrogens with zero attached hydrogens (tertiary/aromatic N) is 3. The molecule has 0 unspecified atom stereocenters. The molecule has 1 aliphatic heterocycles. The molecule has 3 N–H and O–H groups in total. The molecule has 3 aromatic rings. The molecular weight excluding hydrogens is 425 g/mol. The summed E-state index contributed by atoms with van der Waals surface area (Å²) < 4.78 is 39.6. The molecule has 0 spiro atoms. The molecule has 170 valence electrons. The van der Waals surface area contributed by atoms with Gasteiger partial charge < -0.3 is 19.9 Å². The summed E-state index contributed by atoms with van der Waals surface area (Å²) in [4.78, 5) is 18.4. The van der Waals surface area contributed by atoms with Crippen LogP contribution < -0.4 is 5.32 Å². The molecule has 2 aromatic heterocycles. The number of aliphatic hydroxyl groups excluding tert-OH is 2. The van der Waals surface area contributed by atoms with Crippen LogP contribution in [0.15, 0.2) is 48.8 Å². The third kappa shape index (κ3) is 4.93. The summed E-state index contributed by atoms with van der Waals surface area (Å²) in [7, 11) is 0. The molecular formula is C22H23F3N4O3. The number of nitrogens with one attached hydrogen (secondary N) is 1. The lowest BCUT2D eigenvalue weighted by Crippen LogP contribution is -2.45. The fraction of sp³-hybridized carbons (Fsp3) is 0.364. The van der Waals surface area contributed by atoms with Crippen molar-refractivity contribution >= 4 is 11.6 Å². The van der Waals surface area contributed by atoms with Crippen LogP contribution in [-0.2, 0) is 19.1 Å². The number of fused-ring (bicyclic) bond motifs is 2. The number of imidazole rings is 1. The number of benzene rings is 1. The van der Waals surface area contributed by atoms with Gasteiger partial charge in [-0.2, -0.15) is 13.2 Å². The Morgan fingerprint density at radius 3 is 2.59 bits per heavy atom. The van der Waals surface area contributed by atoms with Crippen LogP contribution in [0.3, 0.4) is 0 Å². The first kappa shape index (κ1) is 22.3. The molecule has 0 radical (unpaired) electrons. The largest absolute Gasteiger partial charge is 0.417 e. The Kier molecular flexibility index (Phi) is 6.18. The quantitative estimate of drug-likeness (QED) is 0.536. The first-order valence-corrected chi connectivity index (χ1v) is 10.2. The number of amides is 1. The van der Waals surface area contributed by atoms with Crippen LogP contribution in [-0.4, -0.2) is 62.2 Å². The Morgan fingerprint density at radius 1 is 1.09 bits per heavy atom. The highest BCUT2D eigenvalue weighted by Gasteiger charge is 2.31. The van der Waals surface area contributed by atoms with E-state index in [0.717, 1.165) is 29.6 Å². The molecule has 7 nitrogen and oxygen atoms in total. The number of pyridine rings is 1. The number of hydrogen-bond donors (Lipinski definition) is 3. The molecule has 1 aromatic carbocycles. The van der Waals surface area contributed by atoms with E-state index in [9.17, 15) is 28.2 Å². The van der Waals surface area contributed by atoms with Crippen LogP contribution in [0.4, 0.5) is 13.2 Å². The first-order chi connectivity index (χ1) is 15.2. The number of aliphatic hydroxyl groups is 2. The summed E-state index contributed by atoms with van der Waals surface area (Å²) >= 11 is 0. The predicted octanol–water partition coefficient (Wildman–Crippen LogP) is 1.86. The zero-order valence-corrected chi connectivity index (χ0v) is 17.1. The summed E-state index contributed by atoms with van der Waals surface area (Å²) in [6.45, 7) is 1.47. The predicted molar refractivity (Wildman–Crippen MR) is 110 cm³/mol. The second-order valence-electron chi connectivity index (χ2n) is 7.91. The third-order valence-corrected chi connectivity index (χ3v) is 5.58. The van der Waals surface area contributed by atoms with E-state index in [0.29, 0.717) is 6.54 Å². The summed E-state index contributed by atoms with van der Waals surface area (Å²) in [6, 6.07) is 10.1. The number of β-amino-alcohol motifs (C(OH)–C–C–N with tert-alkyl or cyclic N) is 1. The Balaban J connectivity index is 1.31. The van der Waals surface area contributed by atoms with E-state index in [4.69, 9.17) is 0 Å². The van der Waals surface area contributed by atoms with Crippen LogP contribution in [0.2, 0.25) is 0 Å². The lowest BCUT2D eigenvalue weighted by molar-refractivity contribution is -0.137.